The van der Waals surface area contributed by atoms with E-state index in [9.17, 15) is 0 Å². The van der Waals surface area contributed by atoms with Crippen LogP contribution in [0.2, 0.25) is 0 Å². The first-order chi connectivity index (χ1) is 13.7. The van der Waals surface area contributed by atoms with Crippen LogP contribution in [0, 0.1) is 0 Å². The maximum Gasteiger partial charge on any atom is 0.191 e. The molecule has 5 heteroatoms. The fourth-order valence-electron chi connectivity index (χ4n) is 3.72. The number of ether oxygens (including phenoxy) is 1. The zero-order chi connectivity index (χ0) is 19.8. The van der Waals surface area contributed by atoms with Crippen LogP contribution in [-0.2, 0) is 13.1 Å². The highest BCUT2D eigenvalue weighted by Gasteiger charge is 2.25. The van der Waals surface area contributed by atoms with Crippen LogP contribution in [0.25, 0.3) is 0 Å². The summed E-state index contributed by atoms with van der Waals surface area (Å²) in [6.45, 7) is 5.19. The minimum Gasteiger partial charge on any atom is -0.497 e. The molecule has 1 aliphatic heterocycles. The van der Waals surface area contributed by atoms with E-state index in [1.54, 1.807) is 7.11 Å². The third-order valence-corrected chi connectivity index (χ3v) is 5.43. The van der Waals surface area contributed by atoms with Crippen LogP contribution in [-0.4, -0.2) is 43.6 Å². The topological polar surface area (TPSA) is 48.9 Å². The van der Waals surface area contributed by atoms with Gasteiger partial charge in [-0.2, -0.15) is 0 Å². The van der Waals surface area contributed by atoms with Gasteiger partial charge in [-0.05, 0) is 43.0 Å². The van der Waals surface area contributed by atoms with Crippen LogP contribution in [0.1, 0.15) is 30.9 Å². The molecule has 0 aliphatic carbocycles. The van der Waals surface area contributed by atoms with Crippen molar-refractivity contribution in [1.29, 1.82) is 0 Å². The van der Waals surface area contributed by atoms with Crippen molar-refractivity contribution in [1.82, 2.24) is 15.5 Å². The van der Waals surface area contributed by atoms with E-state index < -0.39 is 0 Å². The fraction of sp³-hybridized carbons (Fsp3) is 0.435. The average molecular weight is 381 g/mol. The van der Waals surface area contributed by atoms with Gasteiger partial charge in [-0.15, -0.1) is 0 Å². The second kappa shape index (κ2) is 10.1. The Morgan fingerprint density at radius 1 is 1.11 bits per heavy atom. The van der Waals surface area contributed by atoms with E-state index in [-0.39, 0.29) is 0 Å². The number of nitrogens with zero attached hydrogens (tertiary/aromatic N) is 2. The molecule has 1 heterocycles. The Morgan fingerprint density at radius 3 is 2.50 bits per heavy atom. The quantitative estimate of drug-likeness (QED) is 0.596. The van der Waals surface area contributed by atoms with Crippen molar-refractivity contribution in [2.75, 3.05) is 20.7 Å². The van der Waals surface area contributed by atoms with Gasteiger partial charge in [0.25, 0.3) is 0 Å². The third-order valence-electron chi connectivity index (χ3n) is 5.43. The van der Waals surface area contributed by atoms with Crippen molar-refractivity contribution in [3.8, 4) is 5.75 Å². The summed E-state index contributed by atoms with van der Waals surface area (Å²) in [7, 11) is 3.52. The number of rotatable bonds is 6. The Hall–Kier alpha value is -2.53. The van der Waals surface area contributed by atoms with Crippen LogP contribution in [0.4, 0.5) is 0 Å². The van der Waals surface area contributed by atoms with Crippen molar-refractivity contribution < 1.29 is 4.74 Å². The van der Waals surface area contributed by atoms with Gasteiger partial charge < -0.3 is 15.4 Å². The zero-order valence-corrected chi connectivity index (χ0v) is 17.2. The lowest BCUT2D eigenvalue weighted by Crippen LogP contribution is -2.51. The number of nitrogens with one attached hydrogen (secondary N) is 2. The molecule has 150 valence electrons. The van der Waals surface area contributed by atoms with E-state index in [0.717, 1.165) is 44.2 Å². The molecule has 2 unspecified atom stereocenters. The second-order valence-corrected chi connectivity index (χ2v) is 7.44. The molecular formula is C23H32N4O. The monoisotopic (exact) mass is 380 g/mol. The zero-order valence-electron chi connectivity index (χ0n) is 17.2. The van der Waals surface area contributed by atoms with Crippen molar-refractivity contribution in [3.63, 3.8) is 0 Å². The van der Waals surface area contributed by atoms with E-state index in [0.29, 0.717) is 12.1 Å². The summed E-state index contributed by atoms with van der Waals surface area (Å²) in [5, 5.41) is 7.02. The standard InChI is InChI=1S/C23H32N4O/c1-18-15-21(13-14-27(18)17-20-7-5-4-6-8-20)26-23(24-2)25-16-19-9-11-22(28-3)12-10-19/h4-12,18,21H,13-17H2,1-3H3,(H2,24,25,26). The van der Waals surface area contributed by atoms with Gasteiger partial charge in [0, 0.05) is 38.8 Å². The number of piperidine rings is 1. The Balaban J connectivity index is 1.46. The molecule has 3 rings (SSSR count). The molecule has 2 N–H and O–H groups in total. The summed E-state index contributed by atoms with van der Waals surface area (Å²) in [5.74, 6) is 1.74. The molecule has 1 fully saturated rings. The Bertz CT molecular complexity index is 745. The molecule has 2 aromatic rings. The summed E-state index contributed by atoms with van der Waals surface area (Å²) in [6.07, 6.45) is 2.25. The average Bonchev–Trinajstić information content (AvgIpc) is 2.74. The number of aliphatic imine (C=N–C) groups is 1. The first-order valence-electron chi connectivity index (χ1n) is 10.1. The molecule has 1 aliphatic rings. The molecular weight excluding hydrogens is 348 g/mol. The number of benzene rings is 2. The van der Waals surface area contributed by atoms with Gasteiger partial charge in [0.2, 0.25) is 0 Å². The molecule has 28 heavy (non-hydrogen) atoms. The van der Waals surface area contributed by atoms with Crippen LogP contribution >= 0.6 is 0 Å². The second-order valence-electron chi connectivity index (χ2n) is 7.44. The lowest BCUT2D eigenvalue weighted by atomic mass is 9.97. The Morgan fingerprint density at radius 2 is 1.86 bits per heavy atom. The SMILES string of the molecule is CN=C(NCc1ccc(OC)cc1)NC1CCN(Cc2ccccc2)C(C)C1. The summed E-state index contributed by atoms with van der Waals surface area (Å²) in [5.41, 5.74) is 2.59. The van der Waals surface area contributed by atoms with Crippen molar-refractivity contribution in [3.05, 3.63) is 65.7 Å². The molecule has 0 radical (unpaired) electrons. The van der Waals surface area contributed by atoms with Gasteiger partial charge in [0.15, 0.2) is 5.96 Å². The van der Waals surface area contributed by atoms with Crippen LogP contribution in [0.3, 0.4) is 0 Å². The van der Waals surface area contributed by atoms with Crippen molar-refractivity contribution in [2.45, 2.75) is 44.9 Å². The summed E-state index contributed by atoms with van der Waals surface area (Å²) >= 11 is 0. The highest BCUT2D eigenvalue weighted by molar-refractivity contribution is 5.79. The maximum absolute atomic E-state index is 5.21. The largest absolute Gasteiger partial charge is 0.497 e. The van der Waals surface area contributed by atoms with E-state index in [2.05, 4.69) is 69.9 Å². The number of guanidine groups is 1. The van der Waals surface area contributed by atoms with Gasteiger partial charge >= 0.3 is 0 Å². The predicted octanol–water partition coefficient (Wildman–Crippen LogP) is 3.41. The number of methoxy groups -OCH3 is 1. The molecule has 0 spiro atoms. The lowest BCUT2D eigenvalue weighted by molar-refractivity contribution is 0.134. The van der Waals surface area contributed by atoms with Crippen molar-refractivity contribution in [2.24, 2.45) is 4.99 Å². The minimum absolute atomic E-state index is 0.448. The Labute approximate surface area is 168 Å². The summed E-state index contributed by atoms with van der Waals surface area (Å²) < 4.78 is 5.21. The molecule has 0 saturated carbocycles. The maximum atomic E-state index is 5.21. The van der Waals surface area contributed by atoms with E-state index in [4.69, 9.17) is 4.74 Å². The smallest absolute Gasteiger partial charge is 0.191 e. The van der Waals surface area contributed by atoms with Gasteiger partial charge in [-0.25, -0.2) is 0 Å². The highest BCUT2D eigenvalue weighted by atomic mass is 16.5. The number of likely N-dealkylation sites (tertiary alicyclic amines) is 1. The number of hydrogen-bond acceptors (Lipinski definition) is 3. The van der Waals surface area contributed by atoms with Crippen LogP contribution < -0.4 is 15.4 Å². The molecule has 1 saturated heterocycles. The first kappa shape index (κ1) is 20.2. The van der Waals surface area contributed by atoms with Gasteiger partial charge in [0.1, 0.15) is 5.75 Å². The highest BCUT2D eigenvalue weighted by Crippen LogP contribution is 2.20. The van der Waals surface area contributed by atoms with Crippen LogP contribution in [0.5, 0.6) is 5.75 Å². The van der Waals surface area contributed by atoms with E-state index >= 15 is 0 Å². The lowest BCUT2D eigenvalue weighted by Gasteiger charge is -2.38. The van der Waals surface area contributed by atoms with E-state index in [1.165, 1.54) is 11.1 Å². The fourth-order valence-corrected chi connectivity index (χ4v) is 3.72. The summed E-state index contributed by atoms with van der Waals surface area (Å²) in [4.78, 5) is 6.97. The van der Waals surface area contributed by atoms with Crippen molar-refractivity contribution >= 4 is 5.96 Å². The minimum atomic E-state index is 0.448. The molecule has 0 bridgehead atoms. The first-order valence-corrected chi connectivity index (χ1v) is 10.1. The Kier molecular flexibility index (Phi) is 7.31. The number of hydrogen-bond donors (Lipinski definition) is 2. The van der Waals surface area contributed by atoms with E-state index in [1.807, 2.05) is 19.2 Å². The normalized spacial score (nSPS) is 20.6. The molecule has 0 aromatic heterocycles. The molecule has 2 atom stereocenters. The molecule has 5 nitrogen and oxygen atoms in total. The van der Waals surface area contributed by atoms with Crippen LogP contribution in [0.15, 0.2) is 59.6 Å². The molecule has 2 aromatic carbocycles. The van der Waals surface area contributed by atoms with Gasteiger partial charge in [-0.3, -0.25) is 9.89 Å². The summed E-state index contributed by atoms with van der Waals surface area (Å²) in [6, 6.07) is 19.8. The third kappa shape index (κ3) is 5.73. The molecule has 0 amide bonds. The van der Waals surface area contributed by atoms with Gasteiger partial charge in [-0.1, -0.05) is 42.5 Å². The predicted molar refractivity (Wildman–Crippen MR) is 116 cm³/mol. The van der Waals surface area contributed by atoms with Gasteiger partial charge in [0.05, 0.1) is 7.11 Å².